The van der Waals surface area contributed by atoms with E-state index in [1.54, 1.807) is 0 Å². The highest BCUT2D eigenvalue weighted by atomic mass is 32.1. The van der Waals surface area contributed by atoms with Crippen LogP contribution in [-0.4, -0.2) is 35.4 Å². The van der Waals surface area contributed by atoms with Crippen LogP contribution in [0.5, 0.6) is 0 Å². The summed E-state index contributed by atoms with van der Waals surface area (Å²) in [6.07, 6.45) is 0. The molecule has 0 saturated heterocycles. The summed E-state index contributed by atoms with van der Waals surface area (Å²) in [6, 6.07) is 0. The SMILES string of the molecule is CCN(CC(C)C(N)=O)CC(C)C(N)=S. The van der Waals surface area contributed by atoms with Gasteiger partial charge in [-0.15, -0.1) is 0 Å². The minimum atomic E-state index is -0.267. The normalized spacial score (nSPS) is 14.9. The van der Waals surface area contributed by atoms with Crippen LogP contribution >= 0.6 is 12.2 Å². The largest absolute Gasteiger partial charge is 0.393 e. The van der Waals surface area contributed by atoms with Crippen molar-refractivity contribution in [3.05, 3.63) is 0 Å². The van der Waals surface area contributed by atoms with E-state index in [-0.39, 0.29) is 17.7 Å². The molecule has 2 unspecified atom stereocenters. The van der Waals surface area contributed by atoms with Crippen LogP contribution in [0.1, 0.15) is 20.8 Å². The van der Waals surface area contributed by atoms with Crippen molar-refractivity contribution in [1.29, 1.82) is 0 Å². The predicted molar refractivity (Wildman–Crippen MR) is 66.4 cm³/mol. The maximum absolute atomic E-state index is 10.9. The van der Waals surface area contributed by atoms with Gasteiger partial charge in [0.2, 0.25) is 5.91 Å². The van der Waals surface area contributed by atoms with Crippen LogP contribution in [-0.2, 0) is 4.79 Å². The lowest BCUT2D eigenvalue weighted by Crippen LogP contribution is -2.39. The second-order valence-corrected chi connectivity index (χ2v) is 4.43. The molecule has 0 heterocycles. The zero-order valence-electron chi connectivity index (χ0n) is 9.69. The first-order chi connectivity index (χ1) is 6.88. The molecule has 0 rings (SSSR count). The standard InChI is InChI=1S/C10H21N3OS/c1-4-13(5-7(2)9(11)14)6-8(3)10(12)15/h7-8H,4-6H2,1-3H3,(H2,11,14)(H2,12,15). The van der Waals surface area contributed by atoms with Gasteiger partial charge in [-0.25, -0.2) is 0 Å². The first-order valence-electron chi connectivity index (χ1n) is 5.19. The van der Waals surface area contributed by atoms with Gasteiger partial charge in [0, 0.05) is 24.9 Å². The Balaban J connectivity index is 4.14. The van der Waals surface area contributed by atoms with E-state index < -0.39 is 0 Å². The second-order valence-electron chi connectivity index (χ2n) is 3.96. The van der Waals surface area contributed by atoms with Crippen molar-refractivity contribution in [3.63, 3.8) is 0 Å². The van der Waals surface area contributed by atoms with Gasteiger partial charge in [-0.3, -0.25) is 4.79 Å². The summed E-state index contributed by atoms with van der Waals surface area (Å²) < 4.78 is 0. The number of carbonyl (C=O) groups excluding carboxylic acids is 1. The molecule has 0 spiro atoms. The molecule has 4 nitrogen and oxygen atoms in total. The topological polar surface area (TPSA) is 72.3 Å². The number of carbonyl (C=O) groups is 1. The van der Waals surface area contributed by atoms with Crippen LogP contribution in [0.2, 0.25) is 0 Å². The lowest BCUT2D eigenvalue weighted by molar-refractivity contribution is -0.121. The highest BCUT2D eigenvalue weighted by Gasteiger charge is 2.16. The summed E-state index contributed by atoms with van der Waals surface area (Å²) >= 11 is 4.91. The van der Waals surface area contributed by atoms with E-state index in [2.05, 4.69) is 4.90 Å². The number of nitrogens with two attached hydrogens (primary N) is 2. The van der Waals surface area contributed by atoms with Crippen LogP contribution in [0.25, 0.3) is 0 Å². The number of nitrogens with zero attached hydrogens (tertiary/aromatic N) is 1. The summed E-state index contributed by atoms with van der Waals surface area (Å²) in [5, 5.41) is 0. The quantitative estimate of drug-likeness (QED) is 0.620. The molecular weight excluding hydrogens is 210 g/mol. The molecule has 0 saturated carbocycles. The van der Waals surface area contributed by atoms with Gasteiger partial charge >= 0.3 is 0 Å². The van der Waals surface area contributed by atoms with Gasteiger partial charge in [-0.05, 0) is 6.54 Å². The molecule has 0 aromatic rings. The Hall–Kier alpha value is -0.680. The van der Waals surface area contributed by atoms with Crippen LogP contribution in [0.4, 0.5) is 0 Å². The Morgan fingerprint density at radius 3 is 2.07 bits per heavy atom. The van der Waals surface area contributed by atoms with Gasteiger partial charge < -0.3 is 16.4 Å². The molecule has 15 heavy (non-hydrogen) atoms. The molecule has 0 aromatic carbocycles. The van der Waals surface area contributed by atoms with Crippen LogP contribution < -0.4 is 11.5 Å². The fourth-order valence-corrected chi connectivity index (χ4v) is 1.36. The molecule has 5 heteroatoms. The summed E-state index contributed by atoms with van der Waals surface area (Å²) in [6.45, 7) is 8.17. The van der Waals surface area contributed by atoms with Gasteiger partial charge in [0.05, 0.1) is 4.99 Å². The molecule has 4 N–H and O–H groups in total. The van der Waals surface area contributed by atoms with Gasteiger partial charge in [0.1, 0.15) is 0 Å². The molecule has 0 bridgehead atoms. The van der Waals surface area contributed by atoms with Crippen LogP contribution in [0.3, 0.4) is 0 Å². The minimum absolute atomic E-state index is 0.136. The second kappa shape index (κ2) is 6.74. The van der Waals surface area contributed by atoms with E-state index in [4.69, 9.17) is 23.7 Å². The Kier molecular flexibility index (Phi) is 6.43. The highest BCUT2D eigenvalue weighted by molar-refractivity contribution is 7.80. The minimum Gasteiger partial charge on any atom is -0.393 e. The fraction of sp³-hybridized carbons (Fsp3) is 0.800. The Morgan fingerprint density at radius 2 is 1.73 bits per heavy atom. The Labute approximate surface area is 97.0 Å². The fourth-order valence-electron chi connectivity index (χ4n) is 1.29. The van der Waals surface area contributed by atoms with Crippen LogP contribution in [0, 0.1) is 11.8 Å². The third-order valence-corrected chi connectivity index (χ3v) is 2.89. The molecule has 0 aliphatic rings. The molecule has 2 atom stereocenters. The summed E-state index contributed by atoms with van der Waals surface area (Å²) in [4.78, 5) is 13.6. The van der Waals surface area contributed by atoms with Crippen molar-refractivity contribution in [2.75, 3.05) is 19.6 Å². The monoisotopic (exact) mass is 231 g/mol. The van der Waals surface area contributed by atoms with E-state index in [1.165, 1.54) is 0 Å². The Morgan fingerprint density at radius 1 is 1.27 bits per heavy atom. The van der Waals surface area contributed by atoms with Crippen LogP contribution in [0.15, 0.2) is 0 Å². The average Bonchev–Trinajstić information content (AvgIpc) is 2.15. The number of rotatable bonds is 7. The molecular formula is C10H21N3OS. The summed E-state index contributed by atoms with van der Waals surface area (Å²) in [7, 11) is 0. The van der Waals surface area contributed by atoms with Gasteiger partial charge in [0.15, 0.2) is 0 Å². The number of hydrogen-bond acceptors (Lipinski definition) is 3. The lowest BCUT2D eigenvalue weighted by atomic mass is 10.1. The molecule has 0 aromatic heterocycles. The molecule has 0 radical (unpaired) electrons. The summed E-state index contributed by atoms with van der Waals surface area (Å²) in [5.74, 6) is -0.236. The molecule has 88 valence electrons. The molecule has 0 aliphatic heterocycles. The Bertz CT molecular complexity index is 211. The van der Waals surface area contributed by atoms with Crippen molar-refractivity contribution < 1.29 is 4.79 Å². The zero-order valence-corrected chi connectivity index (χ0v) is 10.5. The highest BCUT2D eigenvalue weighted by Crippen LogP contribution is 2.04. The van der Waals surface area contributed by atoms with Crippen molar-refractivity contribution in [3.8, 4) is 0 Å². The molecule has 0 fully saturated rings. The first-order valence-corrected chi connectivity index (χ1v) is 5.60. The average molecular weight is 231 g/mol. The third kappa shape index (κ3) is 5.69. The van der Waals surface area contributed by atoms with E-state index in [0.29, 0.717) is 11.5 Å². The summed E-state index contributed by atoms with van der Waals surface area (Å²) in [5.41, 5.74) is 10.8. The van der Waals surface area contributed by atoms with Gasteiger partial charge in [-0.2, -0.15) is 0 Å². The van der Waals surface area contributed by atoms with Gasteiger partial charge in [0.25, 0.3) is 0 Å². The van der Waals surface area contributed by atoms with E-state index >= 15 is 0 Å². The number of primary amides is 1. The van der Waals surface area contributed by atoms with Crippen molar-refractivity contribution >= 4 is 23.1 Å². The van der Waals surface area contributed by atoms with E-state index in [1.807, 2.05) is 20.8 Å². The van der Waals surface area contributed by atoms with Crippen molar-refractivity contribution in [1.82, 2.24) is 4.90 Å². The maximum atomic E-state index is 10.9. The molecule has 0 aliphatic carbocycles. The van der Waals surface area contributed by atoms with Crippen molar-refractivity contribution in [2.24, 2.45) is 23.3 Å². The zero-order chi connectivity index (χ0) is 12.0. The third-order valence-electron chi connectivity index (χ3n) is 2.48. The number of amides is 1. The number of thiocarbonyl (C=S) groups is 1. The van der Waals surface area contributed by atoms with E-state index in [9.17, 15) is 4.79 Å². The smallest absolute Gasteiger partial charge is 0.221 e. The molecule has 1 amide bonds. The predicted octanol–water partition coefficient (Wildman–Crippen LogP) is 0.352. The van der Waals surface area contributed by atoms with Crippen molar-refractivity contribution in [2.45, 2.75) is 20.8 Å². The lowest BCUT2D eigenvalue weighted by Gasteiger charge is -2.25. The first kappa shape index (κ1) is 14.3. The van der Waals surface area contributed by atoms with E-state index in [0.717, 1.165) is 13.1 Å². The maximum Gasteiger partial charge on any atom is 0.221 e. The number of hydrogen-bond donors (Lipinski definition) is 2. The van der Waals surface area contributed by atoms with Gasteiger partial charge in [-0.1, -0.05) is 33.0 Å².